The van der Waals surface area contributed by atoms with E-state index in [1.54, 1.807) is 18.9 Å². The molecule has 1 aliphatic rings. The van der Waals surface area contributed by atoms with Crippen molar-refractivity contribution in [2.45, 2.75) is 36.8 Å². The SMILES string of the molecule is CCOC(=O)C1CCCN(C(=O)CN(C)C(=O)C(C)Sc2ccc(Br)cc2)C1. The fourth-order valence-corrected chi connectivity index (χ4v) is 4.36. The molecule has 0 aromatic heterocycles. The van der Waals surface area contributed by atoms with Crippen LogP contribution in [0.15, 0.2) is 33.6 Å². The minimum absolute atomic E-state index is 0.0135. The number of esters is 1. The Morgan fingerprint density at radius 3 is 2.64 bits per heavy atom. The van der Waals surface area contributed by atoms with Crippen molar-refractivity contribution in [1.29, 1.82) is 0 Å². The van der Waals surface area contributed by atoms with E-state index >= 15 is 0 Å². The molecule has 1 aromatic carbocycles. The summed E-state index contributed by atoms with van der Waals surface area (Å²) in [7, 11) is 1.64. The molecule has 0 radical (unpaired) electrons. The molecule has 2 atom stereocenters. The number of halogens is 1. The van der Waals surface area contributed by atoms with Crippen molar-refractivity contribution in [2.24, 2.45) is 5.92 Å². The van der Waals surface area contributed by atoms with Gasteiger partial charge in [-0.15, -0.1) is 11.8 Å². The Morgan fingerprint density at radius 2 is 2.00 bits per heavy atom. The number of rotatable bonds is 7. The van der Waals surface area contributed by atoms with Crippen molar-refractivity contribution in [2.75, 3.05) is 33.3 Å². The van der Waals surface area contributed by atoms with Crippen molar-refractivity contribution < 1.29 is 19.1 Å². The fraction of sp³-hybridized carbons (Fsp3) is 0.550. The van der Waals surface area contributed by atoms with Crippen molar-refractivity contribution in [3.8, 4) is 0 Å². The minimum Gasteiger partial charge on any atom is -0.466 e. The number of carbonyl (C=O) groups excluding carboxylic acids is 3. The first-order valence-corrected chi connectivity index (χ1v) is 11.1. The Morgan fingerprint density at radius 1 is 1.32 bits per heavy atom. The molecular formula is C20H27BrN2O4S. The normalized spacial score (nSPS) is 17.7. The van der Waals surface area contributed by atoms with Crippen LogP contribution in [-0.2, 0) is 19.1 Å². The lowest BCUT2D eigenvalue weighted by Gasteiger charge is -2.33. The van der Waals surface area contributed by atoms with Gasteiger partial charge in [-0.05, 0) is 51.0 Å². The molecule has 2 amide bonds. The summed E-state index contributed by atoms with van der Waals surface area (Å²) >= 11 is 4.86. The summed E-state index contributed by atoms with van der Waals surface area (Å²) in [5.41, 5.74) is 0. The van der Waals surface area contributed by atoms with Crippen LogP contribution in [0, 0.1) is 5.92 Å². The minimum atomic E-state index is -0.299. The van der Waals surface area contributed by atoms with Gasteiger partial charge in [-0.1, -0.05) is 15.9 Å². The number of likely N-dealkylation sites (N-methyl/N-ethyl adjacent to an activating group) is 1. The van der Waals surface area contributed by atoms with Gasteiger partial charge in [0.1, 0.15) is 0 Å². The van der Waals surface area contributed by atoms with Crippen molar-refractivity contribution in [1.82, 2.24) is 9.80 Å². The van der Waals surface area contributed by atoms with Crippen LogP contribution in [0.5, 0.6) is 0 Å². The van der Waals surface area contributed by atoms with E-state index in [0.29, 0.717) is 19.7 Å². The van der Waals surface area contributed by atoms with E-state index in [9.17, 15) is 14.4 Å². The predicted octanol–water partition coefficient (Wildman–Crippen LogP) is 3.19. The van der Waals surface area contributed by atoms with E-state index in [0.717, 1.165) is 22.2 Å². The monoisotopic (exact) mass is 470 g/mol. The van der Waals surface area contributed by atoms with Crippen molar-refractivity contribution in [3.05, 3.63) is 28.7 Å². The summed E-state index contributed by atoms with van der Waals surface area (Å²) in [6.07, 6.45) is 1.50. The van der Waals surface area contributed by atoms with Crippen molar-refractivity contribution >= 4 is 45.5 Å². The topological polar surface area (TPSA) is 66.9 Å². The highest BCUT2D eigenvalue weighted by Crippen LogP contribution is 2.26. The molecule has 2 unspecified atom stereocenters. The van der Waals surface area contributed by atoms with Crippen LogP contribution in [0.25, 0.3) is 0 Å². The summed E-state index contributed by atoms with van der Waals surface area (Å²) in [4.78, 5) is 41.3. The van der Waals surface area contributed by atoms with E-state index in [1.165, 1.54) is 16.7 Å². The first-order chi connectivity index (χ1) is 13.3. The Bertz CT molecular complexity index is 698. The van der Waals surface area contributed by atoms with Gasteiger partial charge in [0.25, 0.3) is 0 Å². The number of piperidine rings is 1. The number of nitrogens with zero attached hydrogens (tertiary/aromatic N) is 2. The number of amides is 2. The Hall–Kier alpha value is -1.54. The molecule has 0 aliphatic carbocycles. The molecule has 1 heterocycles. The first kappa shape index (κ1) is 22.7. The zero-order valence-electron chi connectivity index (χ0n) is 16.5. The third-order valence-corrected chi connectivity index (χ3v) is 6.25. The molecular weight excluding hydrogens is 444 g/mol. The number of benzene rings is 1. The van der Waals surface area contributed by atoms with Gasteiger partial charge in [-0.25, -0.2) is 0 Å². The molecule has 154 valence electrons. The molecule has 2 rings (SSSR count). The largest absolute Gasteiger partial charge is 0.466 e. The number of carbonyl (C=O) groups is 3. The van der Waals surface area contributed by atoms with Crippen LogP contribution in [0.3, 0.4) is 0 Å². The van der Waals surface area contributed by atoms with Crippen LogP contribution in [0.2, 0.25) is 0 Å². The third kappa shape index (κ3) is 6.51. The van der Waals surface area contributed by atoms with E-state index < -0.39 is 0 Å². The van der Waals surface area contributed by atoms with Crippen LogP contribution in [0.4, 0.5) is 0 Å². The number of likely N-dealkylation sites (tertiary alicyclic amines) is 1. The second-order valence-corrected chi connectivity index (χ2v) is 9.17. The molecule has 0 spiro atoms. The van der Waals surface area contributed by atoms with Gasteiger partial charge in [-0.2, -0.15) is 0 Å². The van der Waals surface area contributed by atoms with Crippen LogP contribution in [-0.4, -0.2) is 66.1 Å². The molecule has 6 nitrogen and oxygen atoms in total. The molecule has 1 aromatic rings. The summed E-state index contributed by atoms with van der Waals surface area (Å²) in [5.74, 6) is -0.750. The molecule has 1 aliphatic heterocycles. The summed E-state index contributed by atoms with van der Waals surface area (Å²) < 4.78 is 6.06. The van der Waals surface area contributed by atoms with E-state index in [1.807, 2.05) is 31.2 Å². The van der Waals surface area contributed by atoms with Gasteiger partial charge in [0.05, 0.1) is 24.3 Å². The predicted molar refractivity (Wildman–Crippen MR) is 113 cm³/mol. The van der Waals surface area contributed by atoms with E-state index in [-0.39, 0.29) is 35.5 Å². The van der Waals surface area contributed by atoms with Gasteiger partial charge in [0.2, 0.25) is 11.8 Å². The average Bonchev–Trinajstić information content (AvgIpc) is 2.69. The Labute approximate surface area is 179 Å². The third-order valence-electron chi connectivity index (χ3n) is 4.62. The standard InChI is InChI=1S/C20H27BrN2O4S/c1-4-27-20(26)15-6-5-11-23(12-15)18(24)13-22(3)19(25)14(2)28-17-9-7-16(21)8-10-17/h7-10,14-15H,4-6,11-13H2,1-3H3. The lowest BCUT2D eigenvalue weighted by atomic mass is 9.98. The molecule has 0 N–H and O–H groups in total. The maximum atomic E-state index is 12.6. The van der Waals surface area contributed by atoms with Gasteiger partial charge in [-0.3, -0.25) is 14.4 Å². The smallest absolute Gasteiger partial charge is 0.310 e. The zero-order valence-corrected chi connectivity index (χ0v) is 18.9. The summed E-state index contributed by atoms with van der Waals surface area (Å²) in [6, 6.07) is 7.77. The number of ether oxygens (including phenoxy) is 1. The van der Waals surface area contributed by atoms with Crippen molar-refractivity contribution in [3.63, 3.8) is 0 Å². The highest BCUT2D eigenvalue weighted by Gasteiger charge is 2.30. The fourth-order valence-electron chi connectivity index (χ4n) is 3.12. The molecule has 28 heavy (non-hydrogen) atoms. The maximum Gasteiger partial charge on any atom is 0.310 e. The first-order valence-electron chi connectivity index (χ1n) is 9.43. The number of hydrogen-bond acceptors (Lipinski definition) is 5. The van der Waals surface area contributed by atoms with Gasteiger partial charge >= 0.3 is 5.97 Å². The lowest BCUT2D eigenvalue weighted by molar-refractivity contribution is -0.152. The van der Waals surface area contributed by atoms with E-state index in [4.69, 9.17) is 4.74 Å². The highest BCUT2D eigenvalue weighted by atomic mass is 79.9. The molecule has 0 bridgehead atoms. The van der Waals surface area contributed by atoms with Gasteiger partial charge < -0.3 is 14.5 Å². The lowest BCUT2D eigenvalue weighted by Crippen LogP contribution is -2.48. The van der Waals surface area contributed by atoms with Crippen LogP contribution >= 0.6 is 27.7 Å². The quantitative estimate of drug-likeness (QED) is 0.452. The Kier molecular flexibility index (Phi) is 8.82. The number of hydrogen-bond donors (Lipinski definition) is 0. The molecule has 1 fully saturated rings. The molecule has 0 saturated carbocycles. The second-order valence-electron chi connectivity index (χ2n) is 6.84. The average molecular weight is 471 g/mol. The summed E-state index contributed by atoms with van der Waals surface area (Å²) in [6.45, 7) is 4.95. The summed E-state index contributed by atoms with van der Waals surface area (Å²) in [5, 5.41) is -0.299. The maximum absolute atomic E-state index is 12.6. The van der Waals surface area contributed by atoms with Gasteiger partial charge in [0, 0.05) is 29.5 Å². The molecule has 8 heteroatoms. The second kappa shape index (κ2) is 10.9. The van der Waals surface area contributed by atoms with Gasteiger partial charge in [0.15, 0.2) is 0 Å². The van der Waals surface area contributed by atoms with E-state index in [2.05, 4.69) is 15.9 Å². The Balaban J connectivity index is 1.87. The molecule has 1 saturated heterocycles. The van der Waals surface area contributed by atoms with Crippen LogP contribution < -0.4 is 0 Å². The number of thioether (sulfide) groups is 1. The van der Waals surface area contributed by atoms with Crippen LogP contribution in [0.1, 0.15) is 26.7 Å². The highest BCUT2D eigenvalue weighted by molar-refractivity contribution is 9.10. The zero-order chi connectivity index (χ0) is 20.7.